The smallest absolute Gasteiger partial charge is 0.433 e. The normalized spacial score (nSPS) is 24.1. The molecule has 0 unspecified atom stereocenters. The van der Waals surface area contributed by atoms with E-state index in [9.17, 15) is 22.4 Å². The summed E-state index contributed by atoms with van der Waals surface area (Å²) in [6, 6.07) is 7.51. The van der Waals surface area contributed by atoms with Crippen molar-refractivity contribution in [2.75, 3.05) is 11.4 Å². The van der Waals surface area contributed by atoms with Crippen LogP contribution in [0.4, 0.5) is 23.4 Å². The van der Waals surface area contributed by atoms with Gasteiger partial charge in [-0.15, -0.1) is 0 Å². The standard InChI is InChI=1S/C23H19F4N5O3/c24-15-5-13(1-2-16(15)35-14-3-4-29-17(6-14)23(25,26)27)8-34-18-7-19-31(20(33)30-18)12-22-9-21(28,10-22)11-32(19)22/h1-7H,8-12,28H2. The minimum Gasteiger partial charge on any atom is -0.473 e. The van der Waals surface area contributed by atoms with Gasteiger partial charge in [-0.3, -0.25) is 9.55 Å². The van der Waals surface area contributed by atoms with E-state index in [1.807, 2.05) is 0 Å². The number of benzene rings is 1. The van der Waals surface area contributed by atoms with Crippen LogP contribution in [0.25, 0.3) is 0 Å². The molecule has 35 heavy (non-hydrogen) atoms. The zero-order valence-corrected chi connectivity index (χ0v) is 18.2. The Labute approximate surface area is 195 Å². The van der Waals surface area contributed by atoms with Gasteiger partial charge in [-0.25, -0.2) is 9.18 Å². The highest BCUT2D eigenvalue weighted by Crippen LogP contribution is 2.57. The molecule has 0 amide bonds. The number of hydrogen-bond acceptors (Lipinski definition) is 7. The molecule has 5 heterocycles. The highest BCUT2D eigenvalue weighted by molar-refractivity contribution is 5.57. The Morgan fingerprint density at radius 3 is 2.66 bits per heavy atom. The molecule has 0 radical (unpaired) electrons. The van der Waals surface area contributed by atoms with E-state index in [1.54, 1.807) is 10.6 Å². The minimum atomic E-state index is -4.64. The maximum absolute atomic E-state index is 14.6. The molecular weight excluding hydrogens is 470 g/mol. The van der Waals surface area contributed by atoms with Crippen molar-refractivity contribution < 1.29 is 27.0 Å². The lowest BCUT2D eigenvalue weighted by atomic mass is 9.68. The fourth-order valence-electron chi connectivity index (χ4n) is 5.41. The first-order valence-corrected chi connectivity index (χ1v) is 10.8. The second-order valence-corrected chi connectivity index (χ2v) is 9.38. The van der Waals surface area contributed by atoms with E-state index in [0.717, 1.165) is 30.9 Å². The summed E-state index contributed by atoms with van der Waals surface area (Å²) in [4.78, 5) is 21.9. The molecule has 7 rings (SSSR count). The molecule has 2 N–H and O–H groups in total. The van der Waals surface area contributed by atoms with Gasteiger partial charge >= 0.3 is 11.9 Å². The zero-order chi connectivity index (χ0) is 24.6. The molecule has 2 saturated heterocycles. The molecule has 8 nitrogen and oxygen atoms in total. The number of halogens is 4. The average Bonchev–Trinajstić information content (AvgIpc) is 3.34. The lowest BCUT2D eigenvalue weighted by molar-refractivity contribution is -0.141. The van der Waals surface area contributed by atoms with E-state index in [1.165, 1.54) is 18.2 Å². The number of fused-ring (bicyclic) bond motifs is 1. The van der Waals surface area contributed by atoms with Crippen LogP contribution in [-0.2, 0) is 19.3 Å². The number of nitrogens with two attached hydrogens (primary N) is 1. The fourth-order valence-corrected chi connectivity index (χ4v) is 5.41. The fraction of sp³-hybridized carbons (Fsp3) is 0.348. The Kier molecular flexibility index (Phi) is 4.47. The van der Waals surface area contributed by atoms with E-state index >= 15 is 0 Å². The Hall–Kier alpha value is -3.67. The van der Waals surface area contributed by atoms with E-state index in [-0.39, 0.29) is 35.1 Å². The van der Waals surface area contributed by atoms with Gasteiger partial charge in [0, 0.05) is 30.4 Å². The number of nitrogens with zero attached hydrogens (tertiary/aromatic N) is 4. The van der Waals surface area contributed by atoms with Crippen LogP contribution in [0.1, 0.15) is 24.1 Å². The van der Waals surface area contributed by atoms with Gasteiger partial charge in [0.05, 0.1) is 12.1 Å². The SMILES string of the molecule is NC12CN3c4cc(OCc5ccc(Oc6ccnc(C(F)(F)F)c6)c(F)c5)nc(=O)n4CC3(C1)C2. The first kappa shape index (κ1) is 21.8. The lowest BCUT2D eigenvalue weighted by Crippen LogP contribution is -2.57. The lowest BCUT2D eigenvalue weighted by Gasteiger charge is -2.42. The van der Waals surface area contributed by atoms with Crippen LogP contribution in [0.2, 0.25) is 0 Å². The quantitative estimate of drug-likeness (QED) is 0.550. The number of anilines is 1. The number of aromatic nitrogens is 3. The molecule has 2 bridgehead atoms. The summed E-state index contributed by atoms with van der Waals surface area (Å²) in [5.41, 5.74) is 4.86. The van der Waals surface area contributed by atoms with E-state index in [4.69, 9.17) is 15.2 Å². The molecule has 182 valence electrons. The predicted octanol–water partition coefficient (Wildman–Crippen LogP) is 3.23. The van der Waals surface area contributed by atoms with Crippen molar-refractivity contribution in [2.45, 2.75) is 43.2 Å². The van der Waals surface area contributed by atoms with Gasteiger partial charge in [0.2, 0.25) is 5.88 Å². The van der Waals surface area contributed by atoms with Crippen molar-refractivity contribution in [2.24, 2.45) is 5.73 Å². The maximum atomic E-state index is 14.6. The number of hydrogen-bond donors (Lipinski definition) is 1. The molecular formula is C23H19F4N5O3. The van der Waals surface area contributed by atoms with Crippen LogP contribution in [0.5, 0.6) is 17.4 Å². The van der Waals surface area contributed by atoms with Crippen LogP contribution < -0.4 is 25.8 Å². The van der Waals surface area contributed by atoms with Crippen molar-refractivity contribution in [3.8, 4) is 17.4 Å². The molecule has 1 spiro atoms. The second kappa shape index (κ2) is 7.17. The van der Waals surface area contributed by atoms with Gasteiger partial charge in [-0.05, 0) is 36.6 Å². The van der Waals surface area contributed by atoms with Crippen LogP contribution in [0, 0.1) is 5.82 Å². The average molecular weight is 489 g/mol. The van der Waals surface area contributed by atoms with Gasteiger partial charge < -0.3 is 20.1 Å². The van der Waals surface area contributed by atoms with E-state index in [2.05, 4.69) is 14.9 Å². The third-order valence-electron chi connectivity index (χ3n) is 6.74. The molecule has 1 aromatic carbocycles. The monoisotopic (exact) mass is 489 g/mol. The van der Waals surface area contributed by atoms with Gasteiger partial charge in [0.1, 0.15) is 23.9 Å². The van der Waals surface area contributed by atoms with Crippen molar-refractivity contribution >= 4 is 5.82 Å². The summed E-state index contributed by atoms with van der Waals surface area (Å²) in [6.45, 7) is 1.15. The van der Waals surface area contributed by atoms with Crippen molar-refractivity contribution in [1.82, 2.24) is 14.5 Å². The van der Waals surface area contributed by atoms with Crippen molar-refractivity contribution in [3.05, 3.63) is 70.2 Å². The first-order valence-electron chi connectivity index (χ1n) is 10.8. The van der Waals surface area contributed by atoms with Gasteiger partial charge in [-0.2, -0.15) is 18.2 Å². The molecule has 0 atom stereocenters. The van der Waals surface area contributed by atoms with E-state index < -0.39 is 23.4 Å². The highest BCUT2D eigenvalue weighted by Gasteiger charge is 2.66. The van der Waals surface area contributed by atoms with Crippen molar-refractivity contribution in [3.63, 3.8) is 0 Å². The van der Waals surface area contributed by atoms with Gasteiger partial charge in [0.15, 0.2) is 11.6 Å². The summed E-state index contributed by atoms with van der Waals surface area (Å²) >= 11 is 0. The third kappa shape index (κ3) is 3.59. The number of rotatable bonds is 5. The number of pyridine rings is 1. The Morgan fingerprint density at radius 2 is 1.91 bits per heavy atom. The van der Waals surface area contributed by atoms with Crippen LogP contribution in [0.15, 0.2) is 47.4 Å². The topological polar surface area (TPSA) is 95.5 Å². The van der Waals surface area contributed by atoms with Crippen LogP contribution in [0.3, 0.4) is 0 Å². The van der Waals surface area contributed by atoms with E-state index in [0.29, 0.717) is 24.7 Å². The van der Waals surface area contributed by atoms with Crippen LogP contribution in [-0.4, -0.2) is 32.2 Å². The summed E-state index contributed by atoms with van der Waals surface area (Å²) in [5.74, 6) is -0.405. The number of ether oxygens (including phenoxy) is 2. The first-order chi connectivity index (χ1) is 16.5. The molecule has 4 aliphatic rings. The Bertz CT molecular complexity index is 1400. The third-order valence-corrected chi connectivity index (χ3v) is 6.74. The molecule has 2 aromatic heterocycles. The van der Waals surface area contributed by atoms with Gasteiger partial charge in [0.25, 0.3) is 0 Å². The second-order valence-electron chi connectivity index (χ2n) is 9.38. The predicted molar refractivity (Wildman–Crippen MR) is 115 cm³/mol. The molecule has 12 heteroatoms. The molecule has 3 aliphatic heterocycles. The largest absolute Gasteiger partial charge is 0.473 e. The summed E-state index contributed by atoms with van der Waals surface area (Å²) in [6.07, 6.45) is -2.04. The zero-order valence-electron chi connectivity index (χ0n) is 18.2. The summed E-state index contributed by atoms with van der Waals surface area (Å²) in [7, 11) is 0. The Morgan fingerprint density at radius 1 is 1.11 bits per heavy atom. The maximum Gasteiger partial charge on any atom is 0.433 e. The summed E-state index contributed by atoms with van der Waals surface area (Å²) < 4.78 is 65.6. The molecule has 1 aliphatic carbocycles. The van der Waals surface area contributed by atoms with Crippen molar-refractivity contribution in [1.29, 1.82) is 0 Å². The molecule has 3 aromatic rings. The molecule has 1 saturated carbocycles. The Balaban J connectivity index is 1.16. The van der Waals surface area contributed by atoms with Gasteiger partial charge in [-0.1, -0.05) is 6.07 Å². The minimum absolute atomic E-state index is 0.0768. The highest BCUT2D eigenvalue weighted by atomic mass is 19.4. The summed E-state index contributed by atoms with van der Waals surface area (Å²) in [5, 5.41) is 0. The number of alkyl halides is 3. The molecule has 3 fully saturated rings. The van der Waals surface area contributed by atoms with Crippen LogP contribution >= 0.6 is 0 Å².